The number of rotatable bonds is 8. The molecule has 112 valence electrons. The highest BCUT2D eigenvalue weighted by Gasteiger charge is 2.10. The van der Waals surface area contributed by atoms with Crippen molar-refractivity contribution in [2.45, 2.75) is 30.9 Å². The van der Waals surface area contributed by atoms with Gasteiger partial charge in [-0.15, -0.1) is 0 Å². The molecular formula is C14H20F2N2OS. The monoisotopic (exact) mass is 302 g/mol. The molecule has 2 N–H and O–H groups in total. The van der Waals surface area contributed by atoms with Crippen LogP contribution < -0.4 is 10.6 Å². The molecule has 0 unspecified atom stereocenters. The van der Waals surface area contributed by atoms with E-state index < -0.39 is 5.76 Å². The fourth-order valence-electron chi connectivity index (χ4n) is 1.55. The standard InChI is InChI=1S/C14H20F2N2OS/c1-10(2)7-8-17-13(19)9-18-11-5-3-4-6-12(11)20-14(15)16/h3-6,10,14,18H,7-9H2,1-2H3,(H,17,19). The van der Waals surface area contributed by atoms with Gasteiger partial charge in [0, 0.05) is 17.1 Å². The van der Waals surface area contributed by atoms with E-state index in [4.69, 9.17) is 0 Å². The molecule has 0 radical (unpaired) electrons. The number of thioether (sulfide) groups is 1. The van der Waals surface area contributed by atoms with Crippen molar-refractivity contribution in [3.8, 4) is 0 Å². The number of alkyl halides is 2. The highest BCUT2D eigenvalue weighted by molar-refractivity contribution is 7.99. The van der Waals surface area contributed by atoms with Gasteiger partial charge in [-0.05, 0) is 24.5 Å². The van der Waals surface area contributed by atoms with Gasteiger partial charge in [0.15, 0.2) is 0 Å². The largest absolute Gasteiger partial charge is 0.375 e. The lowest BCUT2D eigenvalue weighted by Crippen LogP contribution is -2.31. The Morgan fingerprint density at radius 2 is 2.00 bits per heavy atom. The highest BCUT2D eigenvalue weighted by Crippen LogP contribution is 2.31. The summed E-state index contributed by atoms with van der Waals surface area (Å²) >= 11 is 0.471. The predicted octanol–water partition coefficient (Wildman–Crippen LogP) is 3.58. The Morgan fingerprint density at radius 3 is 2.65 bits per heavy atom. The van der Waals surface area contributed by atoms with Gasteiger partial charge in [-0.25, -0.2) is 0 Å². The Balaban J connectivity index is 2.42. The maximum absolute atomic E-state index is 12.4. The Hall–Kier alpha value is -1.30. The Kier molecular flexibility index (Phi) is 7.36. The fraction of sp³-hybridized carbons (Fsp3) is 0.500. The molecule has 6 heteroatoms. The van der Waals surface area contributed by atoms with Crippen LogP contribution in [0.4, 0.5) is 14.5 Å². The molecule has 0 fully saturated rings. The Labute approximate surface area is 122 Å². The highest BCUT2D eigenvalue weighted by atomic mass is 32.2. The van der Waals surface area contributed by atoms with E-state index in [0.717, 1.165) is 6.42 Å². The summed E-state index contributed by atoms with van der Waals surface area (Å²) in [4.78, 5) is 12.0. The van der Waals surface area contributed by atoms with Gasteiger partial charge in [0.05, 0.1) is 6.54 Å². The molecule has 0 aliphatic heterocycles. The summed E-state index contributed by atoms with van der Waals surface area (Å²) in [6.07, 6.45) is 0.920. The van der Waals surface area contributed by atoms with Crippen LogP contribution in [0.3, 0.4) is 0 Å². The van der Waals surface area contributed by atoms with Crippen LogP contribution in [0.15, 0.2) is 29.2 Å². The molecule has 0 saturated heterocycles. The summed E-state index contributed by atoms with van der Waals surface area (Å²) in [5.74, 6) is -2.08. The van der Waals surface area contributed by atoms with Crippen LogP contribution in [0.5, 0.6) is 0 Å². The second kappa shape index (κ2) is 8.79. The van der Waals surface area contributed by atoms with E-state index in [1.165, 1.54) is 0 Å². The third-order valence-corrected chi connectivity index (χ3v) is 3.37. The summed E-state index contributed by atoms with van der Waals surface area (Å²) in [5, 5.41) is 5.68. The number of carbonyl (C=O) groups is 1. The van der Waals surface area contributed by atoms with Gasteiger partial charge in [-0.1, -0.05) is 37.7 Å². The van der Waals surface area contributed by atoms with E-state index in [9.17, 15) is 13.6 Å². The third-order valence-electron chi connectivity index (χ3n) is 2.59. The normalized spacial score (nSPS) is 10.9. The molecule has 1 aromatic carbocycles. The van der Waals surface area contributed by atoms with Crippen LogP contribution in [0.25, 0.3) is 0 Å². The maximum atomic E-state index is 12.4. The molecule has 0 atom stereocenters. The first kappa shape index (κ1) is 16.8. The van der Waals surface area contributed by atoms with E-state index in [1.54, 1.807) is 24.3 Å². The van der Waals surface area contributed by atoms with Gasteiger partial charge >= 0.3 is 0 Å². The van der Waals surface area contributed by atoms with Crippen LogP contribution in [-0.4, -0.2) is 24.8 Å². The molecule has 3 nitrogen and oxygen atoms in total. The first-order chi connectivity index (χ1) is 9.49. The molecular weight excluding hydrogens is 282 g/mol. The molecule has 0 saturated carbocycles. The minimum absolute atomic E-state index is 0.0822. The summed E-state index contributed by atoms with van der Waals surface area (Å²) in [6, 6.07) is 6.73. The SMILES string of the molecule is CC(C)CCNC(=O)CNc1ccccc1SC(F)F. The lowest BCUT2D eigenvalue weighted by Gasteiger charge is -2.12. The molecule has 1 rings (SSSR count). The lowest BCUT2D eigenvalue weighted by molar-refractivity contribution is -0.119. The molecule has 1 aromatic rings. The lowest BCUT2D eigenvalue weighted by atomic mass is 10.1. The number of benzene rings is 1. The topological polar surface area (TPSA) is 41.1 Å². The molecule has 0 aliphatic rings. The fourth-order valence-corrected chi connectivity index (χ4v) is 2.17. The Morgan fingerprint density at radius 1 is 1.30 bits per heavy atom. The van der Waals surface area contributed by atoms with Crippen molar-refractivity contribution in [3.63, 3.8) is 0 Å². The van der Waals surface area contributed by atoms with Crippen molar-refractivity contribution in [2.24, 2.45) is 5.92 Å². The van der Waals surface area contributed by atoms with Crippen LogP contribution in [0.1, 0.15) is 20.3 Å². The van der Waals surface area contributed by atoms with Crippen LogP contribution in [-0.2, 0) is 4.79 Å². The van der Waals surface area contributed by atoms with Crippen molar-refractivity contribution in [2.75, 3.05) is 18.4 Å². The molecule has 0 spiro atoms. The number of halogens is 2. The summed E-state index contributed by atoms with van der Waals surface area (Å²) in [5.41, 5.74) is 0.553. The van der Waals surface area contributed by atoms with Crippen molar-refractivity contribution >= 4 is 23.4 Å². The third kappa shape index (κ3) is 6.75. The number of amides is 1. The van der Waals surface area contributed by atoms with Crippen molar-refractivity contribution in [3.05, 3.63) is 24.3 Å². The number of nitrogens with one attached hydrogen (secondary N) is 2. The zero-order chi connectivity index (χ0) is 15.0. The molecule has 0 aliphatic carbocycles. The number of anilines is 1. The number of para-hydroxylation sites is 1. The van der Waals surface area contributed by atoms with Crippen molar-refractivity contribution in [1.29, 1.82) is 0 Å². The van der Waals surface area contributed by atoms with Crippen molar-refractivity contribution < 1.29 is 13.6 Å². The van der Waals surface area contributed by atoms with E-state index in [-0.39, 0.29) is 12.5 Å². The predicted molar refractivity (Wildman–Crippen MR) is 79.3 cm³/mol. The van der Waals surface area contributed by atoms with Gasteiger partial charge < -0.3 is 10.6 Å². The summed E-state index contributed by atoms with van der Waals surface area (Å²) < 4.78 is 24.8. The molecule has 0 aromatic heterocycles. The van der Waals surface area contributed by atoms with Gasteiger partial charge in [0.2, 0.25) is 5.91 Å². The second-order valence-corrected chi connectivity index (χ2v) is 5.79. The maximum Gasteiger partial charge on any atom is 0.288 e. The first-order valence-electron chi connectivity index (χ1n) is 6.53. The Bertz CT molecular complexity index is 427. The minimum atomic E-state index is -2.47. The van der Waals surface area contributed by atoms with Gasteiger partial charge in [-0.3, -0.25) is 4.79 Å². The number of hydrogen-bond donors (Lipinski definition) is 2. The van der Waals surface area contributed by atoms with E-state index >= 15 is 0 Å². The molecule has 20 heavy (non-hydrogen) atoms. The summed E-state index contributed by atoms with van der Waals surface area (Å²) in [6.45, 7) is 4.88. The van der Waals surface area contributed by atoms with Gasteiger partial charge in [-0.2, -0.15) is 8.78 Å². The molecule has 1 amide bonds. The van der Waals surface area contributed by atoms with Gasteiger partial charge in [0.25, 0.3) is 5.76 Å². The first-order valence-corrected chi connectivity index (χ1v) is 7.41. The van der Waals surface area contributed by atoms with Crippen molar-refractivity contribution in [1.82, 2.24) is 5.32 Å². The van der Waals surface area contributed by atoms with E-state index in [0.29, 0.717) is 34.8 Å². The van der Waals surface area contributed by atoms with Crippen LogP contribution in [0.2, 0.25) is 0 Å². The minimum Gasteiger partial charge on any atom is -0.375 e. The zero-order valence-corrected chi connectivity index (χ0v) is 12.5. The van der Waals surface area contributed by atoms with E-state index in [2.05, 4.69) is 24.5 Å². The van der Waals surface area contributed by atoms with Gasteiger partial charge in [0.1, 0.15) is 0 Å². The van der Waals surface area contributed by atoms with Crippen LogP contribution in [0, 0.1) is 5.92 Å². The average Bonchev–Trinajstić information content (AvgIpc) is 2.36. The summed E-state index contributed by atoms with van der Waals surface area (Å²) in [7, 11) is 0. The quantitative estimate of drug-likeness (QED) is 0.721. The average molecular weight is 302 g/mol. The van der Waals surface area contributed by atoms with Crippen LogP contribution >= 0.6 is 11.8 Å². The van der Waals surface area contributed by atoms with E-state index in [1.807, 2.05) is 0 Å². The number of hydrogen-bond acceptors (Lipinski definition) is 3. The zero-order valence-electron chi connectivity index (χ0n) is 11.7. The number of carbonyl (C=O) groups excluding carboxylic acids is 1. The smallest absolute Gasteiger partial charge is 0.288 e. The molecule has 0 bridgehead atoms. The molecule has 0 heterocycles. The second-order valence-electron chi connectivity index (χ2n) is 4.76.